The molecule has 1 aliphatic carbocycles. The van der Waals surface area contributed by atoms with E-state index in [9.17, 15) is 49.1 Å². The maximum absolute atomic E-state index is 13.0. The molecule has 6 unspecified atom stereocenters. The van der Waals surface area contributed by atoms with Gasteiger partial charge >= 0.3 is 27.6 Å². The van der Waals surface area contributed by atoms with Gasteiger partial charge in [0.05, 0.1) is 12.7 Å². The molecule has 0 heterocycles. The van der Waals surface area contributed by atoms with Gasteiger partial charge in [-0.1, -0.05) is 130 Å². The highest BCUT2D eigenvalue weighted by Gasteiger charge is 2.54. The highest BCUT2D eigenvalue weighted by Crippen LogP contribution is 2.49. The zero-order valence-electron chi connectivity index (χ0n) is 38.4. The minimum atomic E-state index is -5.39. The minimum Gasteiger partial charge on any atom is -0.462 e. The summed E-state index contributed by atoms with van der Waals surface area (Å²) in [4.78, 5) is 54.3. The number of allylic oxidation sites excluding steroid dienone is 15. The van der Waals surface area contributed by atoms with Crippen LogP contribution in [0.3, 0.4) is 0 Å². The van der Waals surface area contributed by atoms with E-state index in [-0.39, 0.29) is 25.7 Å². The molecule has 8 N–H and O–H groups in total. The third kappa shape index (κ3) is 31.0. The van der Waals surface area contributed by atoms with Gasteiger partial charge in [-0.25, -0.2) is 9.13 Å². The Kier molecular flexibility index (Phi) is 34.0. The highest BCUT2D eigenvalue weighted by atomic mass is 31.2. The Hall–Kier alpha value is -3.12. The molecule has 1 rings (SSSR count). The second-order valence-electron chi connectivity index (χ2n) is 15.6. The molecule has 0 aromatic rings. The van der Waals surface area contributed by atoms with E-state index in [1.807, 2.05) is 18.2 Å². The van der Waals surface area contributed by atoms with Crippen molar-refractivity contribution in [2.45, 2.75) is 172 Å². The summed E-state index contributed by atoms with van der Waals surface area (Å²) in [5, 5.41) is 51.5. The number of hydrogen-bond donors (Lipinski definition) is 8. The molecular weight excluding hydrogens is 898 g/mol. The van der Waals surface area contributed by atoms with E-state index in [2.05, 4.69) is 85.2 Å². The average molecular weight is 975 g/mol. The number of unbranched alkanes of at least 4 members (excludes halogenated alkanes) is 5. The van der Waals surface area contributed by atoms with Gasteiger partial charge in [0.25, 0.3) is 0 Å². The lowest BCUT2D eigenvalue weighted by Gasteiger charge is -2.43. The molecular formula is C47H76O17P2. The summed E-state index contributed by atoms with van der Waals surface area (Å²) in [7, 11) is -10.8. The van der Waals surface area contributed by atoms with Crippen molar-refractivity contribution < 1.29 is 82.0 Å². The Morgan fingerprint density at radius 1 is 0.561 bits per heavy atom. The summed E-state index contributed by atoms with van der Waals surface area (Å²) >= 11 is 0. The second-order valence-corrected chi connectivity index (χ2v) is 18.2. The van der Waals surface area contributed by atoms with Gasteiger partial charge in [0.1, 0.15) is 43.2 Å². The normalized spacial score (nSPS) is 22.9. The number of hydrogen-bond acceptors (Lipinski definition) is 14. The van der Waals surface area contributed by atoms with Crippen molar-refractivity contribution in [2.24, 2.45) is 0 Å². The van der Waals surface area contributed by atoms with Gasteiger partial charge in [-0.2, -0.15) is 0 Å². The van der Waals surface area contributed by atoms with Gasteiger partial charge < -0.3 is 49.7 Å². The number of rotatable bonds is 36. The van der Waals surface area contributed by atoms with Crippen LogP contribution in [0, 0.1) is 0 Å². The molecule has 9 atom stereocenters. The second kappa shape index (κ2) is 36.9. The van der Waals surface area contributed by atoms with Crippen LogP contribution in [0.2, 0.25) is 0 Å². The molecule has 0 spiro atoms. The molecule has 19 heteroatoms. The first kappa shape index (κ1) is 60.9. The third-order valence-electron chi connectivity index (χ3n) is 9.76. The summed E-state index contributed by atoms with van der Waals surface area (Å²) in [5.41, 5.74) is 0. The van der Waals surface area contributed by atoms with Crippen molar-refractivity contribution in [1.29, 1.82) is 0 Å². The first-order valence-electron chi connectivity index (χ1n) is 22.9. The van der Waals surface area contributed by atoms with Crippen molar-refractivity contribution in [3.05, 3.63) is 97.2 Å². The van der Waals surface area contributed by atoms with E-state index in [4.69, 9.17) is 28.3 Å². The Labute approximate surface area is 390 Å². The number of carbonyl (C=O) groups is 2. The highest BCUT2D eigenvalue weighted by molar-refractivity contribution is 7.47. The largest absolute Gasteiger partial charge is 0.472 e. The molecule has 0 bridgehead atoms. The number of phosphoric ester groups is 2. The number of aliphatic hydroxyl groups is 5. The summed E-state index contributed by atoms with van der Waals surface area (Å²) < 4.78 is 49.2. The Morgan fingerprint density at radius 2 is 1.06 bits per heavy atom. The fourth-order valence-corrected chi connectivity index (χ4v) is 7.78. The van der Waals surface area contributed by atoms with E-state index in [0.717, 1.165) is 77.0 Å². The van der Waals surface area contributed by atoms with Crippen LogP contribution in [-0.4, -0.2) is 114 Å². The predicted octanol–water partition coefficient (Wildman–Crippen LogP) is 7.36. The zero-order chi connectivity index (χ0) is 49.1. The lowest BCUT2D eigenvalue weighted by atomic mass is 9.85. The number of esters is 2. The van der Waals surface area contributed by atoms with Crippen LogP contribution >= 0.6 is 15.6 Å². The van der Waals surface area contributed by atoms with E-state index in [1.54, 1.807) is 12.2 Å². The molecule has 376 valence electrons. The molecule has 0 aromatic heterocycles. The SMILES string of the molecule is CC/C=C\C/C=C\C/C=C\C/C=C\C=C\C(O)CCCC(=O)OC[C@H](COP(=O)(O)O[C@H]1C(O)C(O)C(O)[C@@H](OP(=O)(O)O)C1O)OC(=O)CCCCCCC/C=C\C/C=C\C/C=C\CC. The van der Waals surface area contributed by atoms with Crippen LogP contribution in [0.15, 0.2) is 97.2 Å². The average Bonchev–Trinajstić information content (AvgIpc) is 3.26. The van der Waals surface area contributed by atoms with Crippen LogP contribution < -0.4 is 0 Å². The van der Waals surface area contributed by atoms with Crippen molar-refractivity contribution in [3.8, 4) is 0 Å². The quantitative estimate of drug-likeness (QED) is 0.0100. The van der Waals surface area contributed by atoms with Crippen LogP contribution in [0.25, 0.3) is 0 Å². The first-order chi connectivity index (χ1) is 31.5. The lowest BCUT2D eigenvalue weighted by molar-refractivity contribution is -0.216. The van der Waals surface area contributed by atoms with E-state index < -0.39 is 89.6 Å². The van der Waals surface area contributed by atoms with Crippen LogP contribution in [0.4, 0.5) is 0 Å². The molecule has 0 radical (unpaired) electrons. The van der Waals surface area contributed by atoms with Crippen molar-refractivity contribution in [2.75, 3.05) is 13.2 Å². The van der Waals surface area contributed by atoms with E-state index in [0.29, 0.717) is 6.42 Å². The molecule has 1 aliphatic rings. The topological polar surface area (TPSA) is 276 Å². The molecule has 0 aromatic carbocycles. The van der Waals surface area contributed by atoms with Crippen molar-refractivity contribution >= 4 is 27.6 Å². The predicted molar refractivity (Wildman–Crippen MR) is 251 cm³/mol. The summed E-state index contributed by atoms with van der Waals surface area (Å²) in [6.07, 6.45) is 28.2. The van der Waals surface area contributed by atoms with Gasteiger partial charge in [-0.3, -0.25) is 23.2 Å². The summed E-state index contributed by atoms with van der Waals surface area (Å²) in [6.45, 7) is 2.68. The van der Waals surface area contributed by atoms with Gasteiger partial charge in [-0.15, -0.1) is 0 Å². The number of carbonyl (C=O) groups excluding carboxylic acids is 2. The fraction of sp³-hybridized carbons (Fsp3) is 0.617. The molecule has 1 fully saturated rings. The summed E-state index contributed by atoms with van der Waals surface area (Å²) in [6, 6.07) is 0. The smallest absolute Gasteiger partial charge is 0.462 e. The van der Waals surface area contributed by atoms with Crippen molar-refractivity contribution in [3.63, 3.8) is 0 Å². The van der Waals surface area contributed by atoms with Gasteiger partial charge in [0.15, 0.2) is 6.10 Å². The molecule has 0 aliphatic heterocycles. The Bertz CT molecular complexity index is 1670. The van der Waals surface area contributed by atoms with Crippen LogP contribution in [-0.2, 0) is 41.8 Å². The third-order valence-corrected chi connectivity index (χ3v) is 11.3. The number of phosphoric acid groups is 2. The number of aliphatic hydroxyl groups excluding tert-OH is 5. The number of ether oxygens (including phenoxy) is 2. The van der Waals surface area contributed by atoms with Gasteiger partial charge in [-0.05, 0) is 77.0 Å². The van der Waals surface area contributed by atoms with Gasteiger partial charge in [0, 0.05) is 12.8 Å². The monoisotopic (exact) mass is 974 g/mol. The van der Waals surface area contributed by atoms with Crippen molar-refractivity contribution in [1.82, 2.24) is 0 Å². The van der Waals surface area contributed by atoms with Crippen LogP contribution in [0.5, 0.6) is 0 Å². The Morgan fingerprint density at radius 3 is 1.64 bits per heavy atom. The minimum absolute atomic E-state index is 0.0225. The molecule has 66 heavy (non-hydrogen) atoms. The van der Waals surface area contributed by atoms with Crippen LogP contribution in [0.1, 0.15) is 123 Å². The first-order valence-corrected chi connectivity index (χ1v) is 25.9. The maximum Gasteiger partial charge on any atom is 0.472 e. The van der Waals surface area contributed by atoms with E-state index in [1.165, 1.54) is 0 Å². The summed E-state index contributed by atoms with van der Waals surface area (Å²) in [5.74, 6) is -1.44. The standard InChI is InChI=1S/C47H76O17P2/c1-3-5-7-9-11-13-15-17-18-20-22-24-26-28-30-34-41(50)62-39(37-61-66(58,59)64-47-44(53)42(51)43(52)46(45(47)54)63-65(55,56)57)36-60-40(49)35-31-33-38(48)32-29-27-25-23-21-19-16-14-12-10-8-6-4-2/h5-8,11-14,17-19,21,25,27,29,32,38-39,42-48,51-54H,3-4,9-10,15-16,20,22-24,26,28,30-31,33-37H2,1-2H3,(H,58,59)(H2,55,56,57)/b7-5-,8-6-,13-11-,14-12-,18-17-,21-19-,27-25-,32-29+/t38?,39-,42?,43?,44?,45?,46-,47+/m1/s1. The van der Waals surface area contributed by atoms with E-state index >= 15 is 0 Å². The molecule has 17 nitrogen and oxygen atoms in total. The fourth-order valence-electron chi connectivity index (χ4n) is 6.24. The molecule has 1 saturated carbocycles. The lowest BCUT2D eigenvalue weighted by Crippen LogP contribution is -2.64. The molecule has 0 saturated heterocycles. The van der Waals surface area contributed by atoms with Gasteiger partial charge in [0.2, 0.25) is 0 Å². The zero-order valence-corrected chi connectivity index (χ0v) is 40.2. The Balaban J connectivity index is 2.71. The maximum atomic E-state index is 13.0. The molecule has 0 amide bonds.